The summed E-state index contributed by atoms with van der Waals surface area (Å²) in [5.74, 6) is 0. The minimum Gasteiger partial charge on any atom is -0.309 e. The molecule has 1 aliphatic carbocycles. The van der Waals surface area contributed by atoms with Crippen molar-refractivity contribution in [1.29, 1.82) is 5.26 Å². The first kappa shape index (κ1) is 36.6. The molecule has 0 amide bonds. The summed E-state index contributed by atoms with van der Waals surface area (Å²) in [6.45, 7) is 0. The molecule has 0 saturated heterocycles. The van der Waals surface area contributed by atoms with Crippen molar-refractivity contribution >= 4 is 77.2 Å². The van der Waals surface area contributed by atoms with E-state index in [0.29, 0.717) is 5.56 Å². The highest BCUT2D eigenvalue weighted by Crippen LogP contribution is 2.62. The number of para-hydroxylation sites is 4. The van der Waals surface area contributed by atoms with E-state index < -0.39 is 5.41 Å². The summed E-state index contributed by atoms with van der Waals surface area (Å²) >= 11 is 1.83. The third-order valence-electron chi connectivity index (χ3n) is 14.4. The number of nitrogens with zero attached hydrogens (tertiary/aromatic N) is 6. The van der Waals surface area contributed by atoms with Crippen LogP contribution < -0.4 is 0 Å². The van der Waals surface area contributed by atoms with Crippen molar-refractivity contribution in [2.24, 2.45) is 0 Å². The van der Waals surface area contributed by atoms with Crippen LogP contribution in [0.4, 0.5) is 0 Å². The van der Waals surface area contributed by atoms with E-state index in [1.807, 2.05) is 36.3 Å². The summed E-state index contributed by atoms with van der Waals surface area (Å²) in [6.07, 6.45) is 3.78. The lowest BCUT2D eigenvalue weighted by Crippen LogP contribution is -2.32. The quantitative estimate of drug-likeness (QED) is 0.177. The van der Waals surface area contributed by atoms with Crippen molar-refractivity contribution in [2.45, 2.75) is 15.2 Å². The minimum atomic E-state index is -0.732. The van der Waals surface area contributed by atoms with Gasteiger partial charge in [0.15, 0.2) is 0 Å². The molecule has 7 heteroatoms. The number of hydrogen-bond acceptors (Lipinski definition) is 4. The van der Waals surface area contributed by atoms with E-state index in [1.54, 1.807) is 0 Å². The molecule has 0 radical (unpaired) electrons. The summed E-state index contributed by atoms with van der Waals surface area (Å²) in [7, 11) is 0. The molecule has 0 unspecified atom stereocenters. The highest BCUT2D eigenvalue weighted by atomic mass is 32.2. The molecule has 8 aromatic carbocycles. The van der Waals surface area contributed by atoms with Gasteiger partial charge in [0.05, 0.1) is 61.5 Å². The molecule has 310 valence electrons. The van der Waals surface area contributed by atoms with Gasteiger partial charge in [0.1, 0.15) is 0 Å². The van der Waals surface area contributed by atoms with Crippen LogP contribution >= 0.6 is 11.8 Å². The normalized spacial score (nSPS) is 13.4. The highest BCUT2D eigenvalue weighted by molar-refractivity contribution is 7.99. The van der Waals surface area contributed by atoms with Crippen LogP contribution in [0.1, 0.15) is 27.8 Å². The van der Waals surface area contributed by atoms with Gasteiger partial charge in [0.25, 0.3) is 0 Å². The molecule has 5 aromatic heterocycles. The van der Waals surface area contributed by atoms with Gasteiger partial charge in [-0.15, -0.1) is 0 Å². The van der Waals surface area contributed by atoms with Crippen LogP contribution in [0.5, 0.6) is 0 Å². The fourth-order valence-electron chi connectivity index (χ4n) is 11.8. The zero-order chi connectivity index (χ0) is 44.0. The zero-order valence-electron chi connectivity index (χ0n) is 35.7. The standard InChI is InChI=1S/C60H34N6S/c61-35-36-21-25-54-44(31-36)45-32-37(64-50-17-5-1-11-40(50)41-12-2-6-18-51(41)64)22-26-55(45)66(54)39-24-28-57-49(34-39)60(46-15-9-29-62-58(46)59-47(60)16-10-30-63-59)48-33-38(23-27-56(48)67-57)65-52-19-7-3-13-42(52)43-14-4-8-20-53(43)65/h1-34H. The predicted octanol–water partition coefficient (Wildman–Crippen LogP) is 14.5. The van der Waals surface area contributed by atoms with Crippen molar-refractivity contribution in [3.63, 3.8) is 0 Å². The molecule has 2 aliphatic rings. The number of pyridine rings is 2. The third-order valence-corrected chi connectivity index (χ3v) is 15.6. The molecule has 67 heavy (non-hydrogen) atoms. The predicted molar refractivity (Wildman–Crippen MR) is 271 cm³/mol. The number of benzene rings is 8. The molecule has 6 heterocycles. The lowest BCUT2D eigenvalue weighted by Gasteiger charge is -2.39. The Hall–Kier alpha value is -8.70. The molecule has 0 fully saturated rings. The van der Waals surface area contributed by atoms with E-state index in [1.165, 1.54) is 53.5 Å². The number of hydrogen-bond donors (Lipinski definition) is 0. The molecular formula is C60H34N6S. The fourth-order valence-corrected chi connectivity index (χ4v) is 12.9. The zero-order valence-corrected chi connectivity index (χ0v) is 36.5. The van der Waals surface area contributed by atoms with E-state index in [4.69, 9.17) is 9.97 Å². The summed E-state index contributed by atoms with van der Waals surface area (Å²) in [6, 6.07) is 72.7. The molecular weight excluding hydrogens is 837 g/mol. The van der Waals surface area contributed by atoms with Crippen LogP contribution in [0.25, 0.3) is 93.9 Å². The number of nitriles is 1. The number of aromatic nitrogens is 5. The van der Waals surface area contributed by atoms with Crippen LogP contribution in [0, 0.1) is 11.3 Å². The topological polar surface area (TPSA) is 64.4 Å². The first-order chi connectivity index (χ1) is 33.2. The Kier molecular flexibility index (Phi) is 7.34. The Balaban J connectivity index is 1.00. The van der Waals surface area contributed by atoms with Gasteiger partial charge in [-0.3, -0.25) is 9.97 Å². The van der Waals surface area contributed by atoms with Gasteiger partial charge >= 0.3 is 0 Å². The Morgan fingerprint density at radius 2 is 0.776 bits per heavy atom. The minimum absolute atomic E-state index is 0.629. The summed E-state index contributed by atoms with van der Waals surface area (Å²) in [4.78, 5) is 12.6. The molecule has 6 nitrogen and oxygen atoms in total. The van der Waals surface area contributed by atoms with Crippen LogP contribution in [0.2, 0.25) is 0 Å². The lowest BCUT2D eigenvalue weighted by atomic mass is 9.67. The van der Waals surface area contributed by atoms with Crippen molar-refractivity contribution in [2.75, 3.05) is 0 Å². The van der Waals surface area contributed by atoms with Crippen molar-refractivity contribution in [1.82, 2.24) is 23.7 Å². The second-order valence-electron chi connectivity index (χ2n) is 17.6. The van der Waals surface area contributed by atoms with E-state index in [2.05, 4.69) is 202 Å². The van der Waals surface area contributed by atoms with Crippen LogP contribution in [0.15, 0.2) is 216 Å². The van der Waals surface area contributed by atoms with Gasteiger partial charge in [0.2, 0.25) is 0 Å². The van der Waals surface area contributed by atoms with Crippen molar-refractivity contribution < 1.29 is 0 Å². The molecule has 0 bridgehead atoms. The molecule has 13 aromatic rings. The molecule has 15 rings (SSSR count). The summed E-state index contributed by atoms with van der Waals surface area (Å²) < 4.78 is 7.16. The van der Waals surface area contributed by atoms with E-state index >= 15 is 0 Å². The first-order valence-electron chi connectivity index (χ1n) is 22.5. The van der Waals surface area contributed by atoms with E-state index in [-0.39, 0.29) is 0 Å². The van der Waals surface area contributed by atoms with Gasteiger partial charge < -0.3 is 13.7 Å². The van der Waals surface area contributed by atoms with E-state index in [0.717, 1.165) is 72.4 Å². The Bertz CT molecular complexity index is 4200. The van der Waals surface area contributed by atoms with Gasteiger partial charge in [-0.1, -0.05) is 96.7 Å². The SMILES string of the molecule is N#Cc1ccc2c(c1)c1cc(-n3c4ccccc4c4ccccc43)ccc1n2-c1ccc2c(c1)C1(c3cc(-n4c5ccccc5c5ccccc54)ccc3S2)c2cccnc2-c2ncccc21. The lowest BCUT2D eigenvalue weighted by molar-refractivity contribution is 0.717. The average molecular weight is 871 g/mol. The molecule has 0 saturated carbocycles. The van der Waals surface area contributed by atoms with Crippen molar-refractivity contribution in [3.05, 3.63) is 234 Å². The average Bonchev–Trinajstić information content (AvgIpc) is 4.10. The first-order valence-corrected chi connectivity index (χ1v) is 23.3. The van der Waals surface area contributed by atoms with E-state index in [9.17, 15) is 5.26 Å². The monoisotopic (exact) mass is 870 g/mol. The summed E-state index contributed by atoms with van der Waals surface area (Å²) in [5, 5.41) is 17.3. The largest absolute Gasteiger partial charge is 0.309 e. The maximum Gasteiger partial charge on any atom is 0.0991 e. The van der Waals surface area contributed by atoms with Gasteiger partial charge in [-0.05, 0) is 131 Å². The van der Waals surface area contributed by atoms with Crippen LogP contribution in [-0.4, -0.2) is 23.7 Å². The van der Waals surface area contributed by atoms with Crippen molar-refractivity contribution in [3.8, 4) is 34.5 Å². The maximum absolute atomic E-state index is 10.2. The maximum atomic E-state index is 10.2. The fraction of sp³-hybridized carbons (Fsp3) is 0.0167. The van der Waals surface area contributed by atoms with Gasteiger partial charge in [0, 0.05) is 71.6 Å². The molecule has 1 spiro atoms. The molecule has 0 N–H and O–H groups in total. The van der Waals surface area contributed by atoms with Crippen LogP contribution in [-0.2, 0) is 5.41 Å². The van der Waals surface area contributed by atoms with Crippen LogP contribution in [0.3, 0.4) is 0 Å². The number of fused-ring (bicyclic) bond motifs is 18. The number of rotatable bonds is 3. The molecule has 1 aliphatic heterocycles. The Labute approximate surface area is 388 Å². The third kappa shape index (κ3) is 4.79. The second kappa shape index (κ2) is 13.4. The van der Waals surface area contributed by atoms with Gasteiger partial charge in [-0.2, -0.15) is 5.26 Å². The smallest absolute Gasteiger partial charge is 0.0991 e. The summed E-state index contributed by atoms with van der Waals surface area (Å²) in [5.41, 5.74) is 16.3. The Morgan fingerprint density at radius 1 is 0.373 bits per heavy atom. The molecule has 0 atom stereocenters. The highest BCUT2D eigenvalue weighted by Gasteiger charge is 2.52. The van der Waals surface area contributed by atoms with Gasteiger partial charge in [-0.25, -0.2) is 0 Å². The Morgan fingerprint density at radius 3 is 1.25 bits per heavy atom. The second-order valence-corrected chi connectivity index (χ2v) is 18.7.